The van der Waals surface area contributed by atoms with Crippen molar-refractivity contribution < 1.29 is 14.3 Å². The molecule has 2 rings (SSSR count). The maximum Gasteiger partial charge on any atom is 0.410 e. The summed E-state index contributed by atoms with van der Waals surface area (Å²) in [6, 6.07) is 0.202. The molecule has 25 heavy (non-hydrogen) atoms. The van der Waals surface area contributed by atoms with Gasteiger partial charge in [-0.2, -0.15) is 5.10 Å². The Morgan fingerprint density at radius 1 is 1.52 bits per heavy atom. The van der Waals surface area contributed by atoms with Gasteiger partial charge in [0.1, 0.15) is 5.60 Å². The predicted octanol–water partition coefficient (Wildman–Crippen LogP) is 3.12. The molecule has 1 fully saturated rings. The molecule has 0 unspecified atom stereocenters. The third kappa shape index (κ3) is 6.23. The van der Waals surface area contributed by atoms with E-state index in [9.17, 15) is 4.79 Å². The van der Waals surface area contributed by atoms with Gasteiger partial charge in [0.2, 0.25) is 0 Å². The van der Waals surface area contributed by atoms with Crippen LogP contribution in [0.3, 0.4) is 0 Å². The van der Waals surface area contributed by atoms with Crippen LogP contribution in [0.25, 0.3) is 0 Å². The van der Waals surface area contributed by atoms with Crippen LogP contribution in [0, 0.1) is 0 Å². The number of morpholine rings is 1. The van der Waals surface area contributed by atoms with Gasteiger partial charge in [0.05, 0.1) is 31.1 Å². The summed E-state index contributed by atoms with van der Waals surface area (Å²) < 4.78 is 13.1. The summed E-state index contributed by atoms with van der Waals surface area (Å²) in [4.78, 5) is 14.3. The lowest BCUT2D eigenvalue weighted by Gasteiger charge is -2.37. The lowest BCUT2D eigenvalue weighted by molar-refractivity contribution is -0.0345. The number of nitrogens with zero attached hydrogens (tertiary/aromatic N) is 3. The zero-order valence-electron chi connectivity index (χ0n) is 16.1. The van der Waals surface area contributed by atoms with Crippen molar-refractivity contribution >= 4 is 11.8 Å². The van der Waals surface area contributed by atoms with Gasteiger partial charge in [-0.3, -0.25) is 4.68 Å². The van der Waals surface area contributed by atoms with E-state index in [1.165, 1.54) is 0 Å². The number of nitrogens with one attached hydrogen (secondary N) is 1. The average Bonchev–Trinajstić information content (AvgIpc) is 2.93. The Hall–Kier alpha value is -1.76. The molecule has 1 saturated heterocycles. The Kier molecular flexibility index (Phi) is 6.70. The molecule has 2 heterocycles. The van der Waals surface area contributed by atoms with Crippen LogP contribution < -0.4 is 5.32 Å². The Bertz CT molecular complexity index is 553. The number of carbonyl (C=O) groups is 1. The van der Waals surface area contributed by atoms with E-state index in [2.05, 4.69) is 24.3 Å². The molecular formula is C18H32N4O3. The first-order valence-electron chi connectivity index (χ1n) is 9.15. The molecule has 7 nitrogen and oxygen atoms in total. The first-order valence-corrected chi connectivity index (χ1v) is 9.15. The number of hydrogen-bond donors (Lipinski definition) is 1. The minimum absolute atomic E-state index is 0.0109. The van der Waals surface area contributed by atoms with Crippen molar-refractivity contribution in [3.63, 3.8) is 0 Å². The molecule has 0 aliphatic carbocycles. The fourth-order valence-electron chi connectivity index (χ4n) is 2.95. The first-order chi connectivity index (χ1) is 11.8. The van der Waals surface area contributed by atoms with Crippen molar-refractivity contribution in [3.05, 3.63) is 12.4 Å². The normalized spacial score (nSPS) is 19.6. The Morgan fingerprint density at radius 3 is 2.96 bits per heavy atom. The van der Waals surface area contributed by atoms with E-state index in [4.69, 9.17) is 9.47 Å². The van der Waals surface area contributed by atoms with Gasteiger partial charge in [0, 0.05) is 25.3 Å². The molecule has 0 bridgehead atoms. The van der Waals surface area contributed by atoms with Crippen LogP contribution in [0.4, 0.5) is 10.5 Å². The van der Waals surface area contributed by atoms with Crippen LogP contribution in [0.5, 0.6) is 0 Å². The van der Waals surface area contributed by atoms with E-state index >= 15 is 0 Å². The van der Waals surface area contributed by atoms with Gasteiger partial charge in [-0.25, -0.2) is 4.79 Å². The number of hydrogen-bond acceptors (Lipinski definition) is 5. The van der Waals surface area contributed by atoms with Gasteiger partial charge in [0.25, 0.3) is 0 Å². The van der Waals surface area contributed by atoms with Crippen LogP contribution in [0.2, 0.25) is 0 Å². The summed E-state index contributed by atoms with van der Waals surface area (Å²) in [5.74, 6) is 0. The van der Waals surface area contributed by atoms with E-state index in [0.717, 1.165) is 25.1 Å². The van der Waals surface area contributed by atoms with Gasteiger partial charge < -0.3 is 19.7 Å². The lowest BCUT2D eigenvalue weighted by Crippen LogP contribution is -2.51. The topological polar surface area (TPSA) is 68.6 Å². The number of aryl methyl sites for hydroxylation is 1. The molecule has 1 aliphatic heterocycles. The Morgan fingerprint density at radius 2 is 2.28 bits per heavy atom. The van der Waals surface area contributed by atoms with Gasteiger partial charge >= 0.3 is 6.09 Å². The largest absolute Gasteiger partial charge is 0.444 e. The van der Waals surface area contributed by atoms with E-state index in [-0.39, 0.29) is 18.2 Å². The molecule has 0 aromatic carbocycles. The second-order valence-electron chi connectivity index (χ2n) is 7.68. The number of ether oxygens (including phenoxy) is 2. The van der Waals surface area contributed by atoms with Crippen molar-refractivity contribution in [2.24, 2.45) is 0 Å². The van der Waals surface area contributed by atoms with Gasteiger partial charge in [0.15, 0.2) is 0 Å². The lowest BCUT2D eigenvalue weighted by atomic mass is 10.1. The number of anilines is 1. The fraction of sp³-hybridized carbons (Fsp3) is 0.778. The molecule has 142 valence electrons. The van der Waals surface area contributed by atoms with E-state index < -0.39 is 5.60 Å². The van der Waals surface area contributed by atoms with Crippen LogP contribution in [-0.2, 0) is 16.0 Å². The number of rotatable bonds is 6. The van der Waals surface area contributed by atoms with Crippen molar-refractivity contribution in [3.8, 4) is 0 Å². The predicted molar refractivity (Wildman–Crippen MR) is 97.8 cm³/mol. The molecule has 2 atom stereocenters. The Labute approximate surface area is 150 Å². The van der Waals surface area contributed by atoms with Gasteiger partial charge in [-0.05, 0) is 40.5 Å². The molecular weight excluding hydrogens is 320 g/mol. The zero-order chi connectivity index (χ0) is 18.4. The maximum atomic E-state index is 12.5. The number of aromatic nitrogens is 2. The zero-order valence-corrected chi connectivity index (χ0v) is 16.1. The number of amides is 1. The van der Waals surface area contributed by atoms with Crippen molar-refractivity contribution in [2.45, 2.75) is 71.7 Å². The highest BCUT2D eigenvalue weighted by Gasteiger charge is 2.31. The molecule has 1 N–H and O–H groups in total. The first kappa shape index (κ1) is 19.6. The van der Waals surface area contributed by atoms with E-state index in [0.29, 0.717) is 19.8 Å². The molecule has 7 heteroatoms. The minimum Gasteiger partial charge on any atom is -0.444 e. The van der Waals surface area contributed by atoms with Crippen LogP contribution in [-0.4, -0.2) is 58.2 Å². The van der Waals surface area contributed by atoms with Crippen molar-refractivity contribution in [2.75, 3.05) is 25.1 Å². The molecule has 0 radical (unpaired) electrons. The summed E-state index contributed by atoms with van der Waals surface area (Å²) >= 11 is 0. The van der Waals surface area contributed by atoms with E-state index in [1.54, 1.807) is 4.90 Å². The fourth-order valence-corrected chi connectivity index (χ4v) is 2.95. The quantitative estimate of drug-likeness (QED) is 0.852. The second kappa shape index (κ2) is 8.56. The minimum atomic E-state index is -0.488. The van der Waals surface area contributed by atoms with Crippen LogP contribution >= 0.6 is 0 Å². The summed E-state index contributed by atoms with van der Waals surface area (Å²) in [6.07, 6.45) is 5.45. The van der Waals surface area contributed by atoms with Crippen molar-refractivity contribution in [1.82, 2.24) is 14.7 Å². The highest BCUT2D eigenvalue weighted by atomic mass is 16.6. The molecule has 1 aromatic heterocycles. The monoisotopic (exact) mass is 352 g/mol. The highest BCUT2D eigenvalue weighted by molar-refractivity contribution is 5.68. The molecule has 1 amide bonds. The Balaban J connectivity index is 1.91. The molecule has 1 aliphatic rings. The summed E-state index contributed by atoms with van der Waals surface area (Å²) in [5.41, 5.74) is 0.513. The SMILES string of the molecule is CCCn1cc(N[C@H](C)C[C@H]2COCCN2C(=O)OC(C)(C)C)cn1. The van der Waals surface area contributed by atoms with Crippen molar-refractivity contribution in [1.29, 1.82) is 0 Å². The maximum absolute atomic E-state index is 12.5. The summed E-state index contributed by atoms with van der Waals surface area (Å²) in [6.45, 7) is 12.5. The summed E-state index contributed by atoms with van der Waals surface area (Å²) in [7, 11) is 0. The third-order valence-corrected chi connectivity index (χ3v) is 3.98. The number of carbonyl (C=O) groups excluding carboxylic acids is 1. The standard InChI is InChI=1S/C18H32N4O3/c1-6-7-21-12-15(11-19-21)20-14(2)10-16-13-24-9-8-22(16)17(23)25-18(3,4)5/h11-12,14,16,20H,6-10,13H2,1-5H3/t14-,16+/m1/s1. The molecule has 0 spiro atoms. The highest BCUT2D eigenvalue weighted by Crippen LogP contribution is 2.19. The van der Waals surface area contributed by atoms with Crippen LogP contribution in [0.15, 0.2) is 12.4 Å². The van der Waals surface area contributed by atoms with Crippen LogP contribution in [0.1, 0.15) is 47.5 Å². The van der Waals surface area contributed by atoms with Gasteiger partial charge in [-0.1, -0.05) is 6.92 Å². The summed E-state index contributed by atoms with van der Waals surface area (Å²) in [5, 5.41) is 7.79. The average molecular weight is 352 g/mol. The third-order valence-electron chi connectivity index (χ3n) is 3.98. The van der Waals surface area contributed by atoms with E-state index in [1.807, 2.05) is 37.8 Å². The molecule has 1 aromatic rings. The second-order valence-corrected chi connectivity index (χ2v) is 7.68. The van der Waals surface area contributed by atoms with Gasteiger partial charge in [-0.15, -0.1) is 0 Å². The molecule has 0 saturated carbocycles. The smallest absolute Gasteiger partial charge is 0.410 e.